The SMILES string of the molecule is N=CN(N=N)c1ccc(OCC(=O)N2CCN(S(=O)(=O)c3cccc4ccccc34)CC2)cc1. The Kier molecular flexibility index (Phi) is 6.85. The molecule has 1 aliphatic rings. The maximum Gasteiger partial charge on any atom is 0.260 e. The molecule has 3 aromatic rings. The van der Waals surface area contributed by atoms with Gasteiger partial charge < -0.3 is 9.64 Å². The Balaban J connectivity index is 1.35. The number of benzene rings is 3. The van der Waals surface area contributed by atoms with Crippen LogP contribution >= 0.6 is 0 Å². The number of piperazine rings is 1. The Hall–Kier alpha value is -3.83. The van der Waals surface area contributed by atoms with Gasteiger partial charge in [0.25, 0.3) is 5.91 Å². The lowest BCUT2D eigenvalue weighted by molar-refractivity contribution is -0.134. The first-order chi connectivity index (χ1) is 16.4. The zero-order valence-corrected chi connectivity index (χ0v) is 19.1. The van der Waals surface area contributed by atoms with Crippen molar-refractivity contribution in [2.75, 3.05) is 37.8 Å². The first-order valence-electron chi connectivity index (χ1n) is 10.6. The lowest BCUT2D eigenvalue weighted by atomic mass is 10.1. The van der Waals surface area contributed by atoms with Gasteiger partial charge in [-0.05, 0) is 35.7 Å². The predicted octanol–water partition coefficient (Wildman–Crippen LogP) is 3.11. The average molecular weight is 481 g/mol. The number of anilines is 1. The second kappa shape index (κ2) is 9.98. The van der Waals surface area contributed by atoms with Crippen molar-refractivity contribution < 1.29 is 17.9 Å². The van der Waals surface area contributed by atoms with Crippen molar-refractivity contribution in [3.05, 3.63) is 66.7 Å². The summed E-state index contributed by atoms with van der Waals surface area (Å²) in [7, 11) is -3.69. The van der Waals surface area contributed by atoms with E-state index in [-0.39, 0.29) is 43.6 Å². The molecular formula is C23H24N6O4S. The maximum atomic E-state index is 13.3. The largest absolute Gasteiger partial charge is 0.484 e. The number of rotatable bonds is 8. The van der Waals surface area contributed by atoms with E-state index in [1.165, 1.54) is 4.31 Å². The Bertz CT molecular complexity index is 1290. The van der Waals surface area contributed by atoms with E-state index >= 15 is 0 Å². The van der Waals surface area contributed by atoms with E-state index in [2.05, 4.69) is 5.22 Å². The lowest BCUT2D eigenvalue weighted by Crippen LogP contribution is -2.51. The van der Waals surface area contributed by atoms with Gasteiger partial charge in [-0.1, -0.05) is 41.6 Å². The van der Waals surface area contributed by atoms with Crippen LogP contribution in [0.25, 0.3) is 10.8 Å². The molecule has 0 unspecified atom stereocenters. The fraction of sp³-hybridized carbons (Fsp3) is 0.217. The van der Waals surface area contributed by atoms with Gasteiger partial charge in [-0.15, -0.1) is 0 Å². The van der Waals surface area contributed by atoms with Gasteiger partial charge in [-0.25, -0.2) is 13.4 Å². The van der Waals surface area contributed by atoms with Gasteiger partial charge in [-0.3, -0.25) is 10.2 Å². The monoisotopic (exact) mass is 480 g/mol. The summed E-state index contributed by atoms with van der Waals surface area (Å²) in [5, 5.41) is 13.0. The summed E-state index contributed by atoms with van der Waals surface area (Å²) in [6.07, 6.45) is 0.909. The van der Waals surface area contributed by atoms with E-state index in [0.29, 0.717) is 16.8 Å². The topological polar surface area (TPSA) is 130 Å². The first-order valence-corrected chi connectivity index (χ1v) is 12.0. The standard InChI is InChI=1S/C23H24N6O4S/c24-17-29(26-25)19-8-10-20(11-9-19)33-16-23(30)27-12-14-28(15-13-27)34(31,32)22-7-3-5-18-4-1-2-6-21(18)22/h1-11,17,24-25H,12-16H2. The fourth-order valence-corrected chi connectivity index (χ4v) is 5.47. The molecule has 2 N–H and O–H groups in total. The smallest absolute Gasteiger partial charge is 0.260 e. The number of ether oxygens (including phenoxy) is 1. The third kappa shape index (κ3) is 4.75. The molecule has 0 saturated carbocycles. The molecule has 1 heterocycles. The van der Waals surface area contributed by atoms with Crippen LogP contribution in [0, 0.1) is 10.9 Å². The fourth-order valence-electron chi connectivity index (χ4n) is 3.83. The van der Waals surface area contributed by atoms with Crippen LogP contribution in [0.5, 0.6) is 5.75 Å². The molecule has 0 bridgehead atoms. The number of hydrogen-bond donors (Lipinski definition) is 2. The molecule has 1 amide bonds. The molecule has 1 fully saturated rings. The molecule has 0 radical (unpaired) electrons. The summed E-state index contributed by atoms with van der Waals surface area (Å²) in [4.78, 5) is 14.5. The van der Waals surface area contributed by atoms with E-state index in [4.69, 9.17) is 15.7 Å². The van der Waals surface area contributed by atoms with Crippen molar-refractivity contribution in [3.63, 3.8) is 0 Å². The number of sulfonamides is 1. The van der Waals surface area contributed by atoms with Crippen LogP contribution in [0.3, 0.4) is 0 Å². The zero-order valence-electron chi connectivity index (χ0n) is 18.3. The summed E-state index contributed by atoms with van der Waals surface area (Å²) in [5.41, 5.74) is 7.54. The molecule has 0 atom stereocenters. The quantitative estimate of drug-likeness (QED) is 0.221. The van der Waals surface area contributed by atoms with E-state index in [1.54, 1.807) is 47.4 Å². The molecule has 3 aromatic carbocycles. The molecular weight excluding hydrogens is 456 g/mol. The summed E-state index contributed by atoms with van der Waals surface area (Å²) in [6, 6.07) is 19.1. The van der Waals surface area contributed by atoms with E-state index in [1.807, 2.05) is 24.3 Å². The van der Waals surface area contributed by atoms with Crippen molar-refractivity contribution in [2.45, 2.75) is 4.90 Å². The van der Waals surface area contributed by atoms with E-state index < -0.39 is 10.0 Å². The van der Waals surface area contributed by atoms with Gasteiger partial charge in [0.2, 0.25) is 10.0 Å². The number of hydrogen-bond acceptors (Lipinski definition) is 7. The third-order valence-corrected chi connectivity index (χ3v) is 7.61. The third-order valence-electron chi connectivity index (χ3n) is 5.65. The number of fused-ring (bicyclic) bond motifs is 1. The van der Waals surface area contributed by atoms with Crippen molar-refractivity contribution >= 4 is 38.7 Å². The highest BCUT2D eigenvalue weighted by Crippen LogP contribution is 2.26. The van der Waals surface area contributed by atoms with Crippen molar-refractivity contribution in [2.24, 2.45) is 5.22 Å². The number of nitrogens with zero attached hydrogens (tertiary/aromatic N) is 4. The molecule has 11 heteroatoms. The van der Waals surface area contributed by atoms with Gasteiger partial charge in [-0.2, -0.15) is 9.84 Å². The molecule has 1 aliphatic heterocycles. The highest BCUT2D eigenvalue weighted by molar-refractivity contribution is 7.89. The van der Waals surface area contributed by atoms with Crippen LogP contribution in [0.15, 0.2) is 76.8 Å². The van der Waals surface area contributed by atoms with Gasteiger partial charge in [0.05, 0.1) is 10.6 Å². The Morgan fingerprint density at radius 3 is 2.35 bits per heavy atom. The predicted molar refractivity (Wildman–Crippen MR) is 128 cm³/mol. The minimum atomic E-state index is -3.69. The summed E-state index contributed by atoms with van der Waals surface area (Å²) in [6.45, 7) is 0.811. The molecule has 10 nitrogen and oxygen atoms in total. The van der Waals surface area contributed by atoms with Gasteiger partial charge >= 0.3 is 0 Å². The van der Waals surface area contributed by atoms with Crippen LogP contribution in [-0.4, -0.2) is 62.7 Å². The van der Waals surface area contributed by atoms with Crippen LogP contribution in [0.4, 0.5) is 5.69 Å². The second-order valence-corrected chi connectivity index (χ2v) is 9.52. The normalized spacial score (nSPS) is 14.5. The van der Waals surface area contributed by atoms with E-state index in [9.17, 15) is 13.2 Å². The minimum Gasteiger partial charge on any atom is -0.484 e. The Morgan fingerprint density at radius 1 is 1.00 bits per heavy atom. The zero-order chi connectivity index (χ0) is 24.1. The van der Waals surface area contributed by atoms with Crippen molar-refractivity contribution in [3.8, 4) is 5.75 Å². The number of nitrogens with one attached hydrogen (secondary N) is 2. The van der Waals surface area contributed by atoms with Crippen LogP contribution in [-0.2, 0) is 14.8 Å². The molecule has 0 aliphatic carbocycles. The van der Waals surface area contributed by atoms with Gasteiger partial charge in [0.15, 0.2) is 6.61 Å². The van der Waals surface area contributed by atoms with E-state index in [0.717, 1.165) is 16.7 Å². The lowest BCUT2D eigenvalue weighted by Gasteiger charge is -2.34. The molecule has 0 spiro atoms. The van der Waals surface area contributed by atoms with Gasteiger partial charge in [0, 0.05) is 31.6 Å². The molecule has 34 heavy (non-hydrogen) atoms. The van der Waals surface area contributed by atoms with Crippen molar-refractivity contribution in [1.29, 1.82) is 10.9 Å². The van der Waals surface area contributed by atoms with Gasteiger partial charge in [0.1, 0.15) is 12.1 Å². The van der Waals surface area contributed by atoms with Crippen LogP contribution in [0.1, 0.15) is 0 Å². The highest BCUT2D eigenvalue weighted by atomic mass is 32.2. The highest BCUT2D eigenvalue weighted by Gasteiger charge is 2.31. The van der Waals surface area contributed by atoms with Crippen LogP contribution in [0.2, 0.25) is 0 Å². The molecule has 4 rings (SSSR count). The average Bonchev–Trinajstić information content (AvgIpc) is 2.88. The minimum absolute atomic E-state index is 0.174. The Morgan fingerprint density at radius 2 is 1.68 bits per heavy atom. The van der Waals surface area contributed by atoms with Crippen molar-refractivity contribution in [1.82, 2.24) is 9.21 Å². The number of carbonyl (C=O) groups excluding carboxylic acids is 1. The summed E-state index contributed by atoms with van der Waals surface area (Å²) < 4.78 is 33.5. The first kappa shape index (κ1) is 23.3. The Labute approximate surface area is 197 Å². The summed E-state index contributed by atoms with van der Waals surface area (Å²) in [5.74, 6) is 0.234. The van der Waals surface area contributed by atoms with Crippen LogP contribution < -0.4 is 9.75 Å². The second-order valence-electron chi connectivity index (χ2n) is 7.62. The molecule has 0 aromatic heterocycles. The summed E-state index contributed by atoms with van der Waals surface area (Å²) >= 11 is 0. The molecule has 1 saturated heterocycles. The number of carbonyl (C=O) groups is 1. The maximum absolute atomic E-state index is 13.3. The molecule has 176 valence electrons. The number of amides is 1.